The van der Waals surface area contributed by atoms with E-state index in [1.807, 2.05) is 26.0 Å². The molecule has 70 valence electrons. The molecule has 0 aliphatic rings. The number of hydrogen-bond acceptors (Lipinski definition) is 1. The minimum absolute atomic E-state index is 0.281. The van der Waals surface area contributed by atoms with Crippen molar-refractivity contribution in [2.45, 2.75) is 19.9 Å². The topological polar surface area (TPSA) is 35.9 Å². The average molecular weight is 197 g/mol. The fourth-order valence-corrected chi connectivity index (χ4v) is 1.11. The second-order valence-electron chi connectivity index (χ2n) is 3.18. The van der Waals surface area contributed by atoms with Crippen molar-refractivity contribution in [3.63, 3.8) is 0 Å². The molecule has 2 nitrogen and oxygen atoms in total. The number of benzene rings is 1. The molecule has 0 bridgehead atoms. The first-order chi connectivity index (χ1) is 6.09. The van der Waals surface area contributed by atoms with Gasteiger partial charge in [0.2, 0.25) is 0 Å². The molecule has 1 rings (SSSR count). The molecule has 0 amide bonds. The van der Waals surface area contributed by atoms with Gasteiger partial charge in [-0.3, -0.25) is 5.41 Å². The molecule has 1 aromatic carbocycles. The van der Waals surface area contributed by atoms with E-state index in [1.165, 1.54) is 0 Å². The maximum Gasteiger partial charge on any atom is 0.125 e. The molecule has 0 radical (unpaired) electrons. The van der Waals surface area contributed by atoms with E-state index in [9.17, 15) is 0 Å². The van der Waals surface area contributed by atoms with E-state index in [2.05, 4.69) is 5.32 Å². The van der Waals surface area contributed by atoms with Crippen molar-refractivity contribution in [2.24, 2.45) is 0 Å². The minimum Gasteiger partial charge on any atom is -0.368 e. The molecule has 0 aliphatic heterocycles. The molecule has 0 saturated heterocycles. The van der Waals surface area contributed by atoms with Crippen LogP contribution in [0.3, 0.4) is 0 Å². The first kappa shape index (κ1) is 10.1. The molecular weight excluding hydrogens is 184 g/mol. The van der Waals surface area contributed by atoms with Gasteiger partial charge in [-0.05, 0) is 38.1 Å². The van der Waals surface area contributed by atoms with Crippen LogP contribution in [0, 0.1) is 5.41 Å². The van der Waals surface area contributed by atoms with E-state index in [0.29, 0.717) is 10.9 Å². The van der Waals surface area contributed by atoms with Crippen molar-refractivity contribution in [1.29, 1.82) is 5.41 Å². The van der Waals surface area contributed by atoms with Gasteiger partial charge in [0, 0.05) is 16.6 Å². The largest absolute Gasteiger partial charge is 0.368 e. The maximum atomic E-state index is 7.68. The molecule has 0 atom stereocenters. The normalized spacial score (nSPS) is 10.2. The molecule has 0 unspecified atom stereocenters. The molecule has 0 saturated carbocycles. The zero-order chi connectivity index (χ0) is 9.84. The third-order valence-corrected chi connectivity index (χ3v) is 1.82. The first-order valence-electron chi connectivity index (χ1n) is 4.20. The Morgan fingerprint density at radius 1 is 1.31 bits per heavy atom. The smallest absolute Gasteiger partial charge is 0.125 e. The lowest BCUT2D eigenvalue weighted by Gasteiger charge is -2.10. The molecule has 13 heavy (non-hydrogen) atoms. The summed E-state index contributed by atoms with van der Waals surface area (Å²) in [7, 11) is 0. The molecule has 0 aromatic heterocycles. The van der Waals surface area contributed by atoms with Crippen molar-refractivity contribution in [3.8, 4) is 0 Å². The van der Waals surface area contributed by atoms with Crippen LogP contribution >= 0.6 is 11.6 Å². The van der Waals surface area contributed by atoms with Gasteiger partial charge in [-0.15, -0.1) is 0 Å². The lowest BCUT2D eigenvalue weighted by molar-refractivity contribution is 0.731. The summed E-state index contributed by atoms with van der Waals surface area (Å²) in [5, 5.41) is 11.4. The van der Waals surface area contributed by atoms with Crippen molar-refractivity contribution in [2.75, 3.05) is 0 Å². The Morgan fingerprint density at radius 2 is 1.85 bits per heavy atom. The molecule has 0 heterocycles. The Hall–Kier alpha value is -1.02. The summed E-state index contributed by atoms with van der Waals surface area (Å²) in [5.41, 5.74) is 0.859. The summed E-state index contributed by atoms with van der Waals surface area (Å²) >= 11 is 5.73. The minimum atomic E-state index is 0.281. The molecule has 0 spiro atoms. The quantitative estimate of drug-likeness (QED) is 0.554. The maximum absolute atomic E-state index is 7.68. The van der Waals surface area contributed by atoms with Gasteiger partial charge in [-0.25, -0.2) is 0 Å². The SMILES string of the molecule is CC(C)NC(=N)c1ccc(Cl)cc1. The number of halogens is 1. The van der Waals surface area contributed by atoms with Crippen LogP contribution in [0.2, 0.25) is 5.02 Å². The van der Waals surface area contributed by atoms with Gasteiger partial charge in [0.15, 0.2) is 0 Å². The van der Waals surface area contributed by atoms with E-state index in [-0.39, 0.29) is 6.04 Å². The van der Waals surface area contributed by atoms with Crippen molar-refractivity contribution < 1.29 is 0 Å². The zero-order valence-electron chi connectivity index (χ0n) is 7.76. The predicted octanol–water partition coefficient (Wildman–Crippen LogP) is 2.66. The third kappa shape index (κ3) is 3.07. The Labute approximate surface area is 83.4 Å². The lowest BCUT2D eigenvalue weighted by Crippen LogP contribution is -2.29. The van der Waals surface area contributed by atoms with Gasteiger partial charge in [0.1, 0.15) is 5.84 Å². The number of hydrogen-bond donors (Lipinski definition) is 2. The van der Waals surface area contributed by atoms with Gasteiger partial charge < -0.3 is 5.32 Å². The van der Waals surface area contributed by atoms with E-state index in [0.717, 1.165) is 5.56 Å². The van der Waals surface area contributed by atoms with E-state index >= 15 is 0 Å². The number of rotatable bonds is 2. The van der Waals surface area contributed by atoms with Gasteiger partial charge in [0.25, 0.3) is 0 Å². The lowest BCUT2D eigenvalue weighted by atomic mass is 10.2. The molecule has 0 aliphatic carbocycles. The highest BCUT2D eigenvalue weighted by atomic mass is 35.5. The van der Waals surface area contributed by atoms with Gasteiger partial charge in [0.05, 0.1) is 0 Å². The molecule has 2 N–H and O–H groups in total. The van der Waals surface area contributed by atoms with Crippen LogP contribution in [0.25, 0.3) is 0 Å². The second kappa shape index (κ2) is 4.28. The van der Waals surface area contributed by atoms with Crippen LogP contribution in [0.5, 0.6) is 0 Å². The molecular formula is C10H13ClN2. The van der Waals surface area contributed by atoms with Crippen LogP contribution in [-0.4, -0.2) is 11.9 Å². The summed E-state index contributed by atoms with van der Waals surface area (Å²) in [6, 6.07) is 7.52. The van der Waals surface area contributed by atoms with Crippen LogP contribution in [0.4, 0.5) is 0 Å². The van der Waals surface area contributed by atoms with Gasteiger partial charge in [-0.1, -0.05) is 11.6 Å². The average Bonchev–Trinajstić information content (AvgIpc) is 2.04. The van der Waals surface area contributed by atoms with Gasteiger partial charge >= 0.3 is 0 Å². The summed E-state index contributed by atoms with van der Waals surface area (Å²) in [6.45, 7) is 4.01. The Bertz CT molecular complexity index is 290. The highest BCUT2D eigenvalue weighted by Crippen LogP contribution is 2.09. The standard InChI is InChI=1S/C10H13ClN2/c1-7(2)13-10(12)8-3-5-9(11)6-4-8/h3-7H,1-2H3,(H2,12,13). The highest BCUT2D eigenvalue weighted by Gasteiger charge is 2.01. The third-order valence-electron chi connectivity index (χ3n) is 1.57. The summed E-state index contributed by atoms with van der Waals surface area (Å²) in [4.78, 5) is 0. The fraction of sp³-hybridized carbons (Fsp3) is 0.300. The molecule has 0 fully saturated rings. The molecule has 3 heteroatoms. The number of amidine groups is 1. The highest BCUT2D eigenvalue weighted by molar-refractivity contribution is 6.30. The second-order valence-corrected chi connectivity index (χ2v) is 3.62. The fourth-order valence-electron chi connectivity index (χ4n) is 0.989. The van der Waals surface area contributed by atoms with Crippen LogP contribution in [0.15, 0.2) is 24.3 Å². The van der Waals surface area contributed by atoms with E-state index < -0.39 is 0 Å². The summed E-state index contributed by atoms with van der Waals surface area (Å²) in [5.74, 6) is 0.437. The predicted molar refractivity (Wildman–Crippen MR) is 56.6 cm³/mol. The summed E-state index contributed by atoms with van der Waals surface area (Å²) < 4.78 is 0. The van der Waals surface area contributed by atoms with E-state index in [4.69, 9.17) is 17.0 Å². The van der Waals surface area contributed by atoms with E-state index in [1.54, 1.807) is 12.1 Å². The van der Waals surface area contributed by atoms with Crippen molar-refractivity contribution in [3.05, 3.63) is 34.9 Å². The Balaban J connectivity index is 2.72. The van der Waals surface area contributed by atoms with Crippen molar-refractivity contribution in [1.82, 2.24) is 5.32 Å². The van der Waals surface area contributed by atoms with Crippen molar-refractivity contribution >= 4 is 17.4 Å². The van der Waals surface area contributed by atoms with Gasteiger partial charge in [-0.2, -0.15) is 0 Å². The monoisotopic (exact) mass is 196 g/mol. The Morgan fingerprint density at radius 3 is 2.31 bits per heavy atom. The summed E-state index contributed by atoms with van der Waals surface area (Å²) in [6.07, 6.45) is 0. The zero-order valence-corrected chi connectivity index (χ0v) is 8.52. The van der Waals surface area contributed by atoms with Crippen LogP contribution in [-0.2, 0) is 0 Å². The number of nitrogens with one attached hydrogen (secondary N) is 2. The molecule has 1 aromatic rings. The van der Waals surface area contributed by atoms with Crippen LogP contribution < -0.4 is 5.32 Å². The van der Waals surface area contributed by atoms with Crippen LogP contribution in [0.1, 0.15) is 19.4 Å². The Kier molecular flexibility index (Phi) is 3.32. The first-order valence-corrected chi connectivity index (χ1v) is 4.58.